The third kappa shape index (κ3) is 4.06. The van der Waals surface area contributed by atoms with Crippen LogP contribution in [0.1, 0.15) is 24.1 Å². The second kappa shape index (κ2) is 8.51. The molecule has 1 atom stereocenters. The molecule has 0 heterocycles. The van der Waals surface area contributed by atoms with Gasteiger partial charge in [0.2, 0.25) is 0 Å². The molecular weight excluding hydrogens is 302 g/mol. The van der Waals surface area contributed by atoms with Crippen LogP contribution in [-0.4, -0.2) is 20.8 Å². The molecule has 0 fully saturated rings. The van der Waals surface area contributed by atoms with Gasteiger partial charge in [-0.25, -0.2) is 0 Å². The molecule has 0 amide bonds. The van der Waals surface area contributed by atoms with E-state index >= 15 is 0 Å². The number of hydrogen-bond acceptors (Lipinski definition) is 3. The molecule has 2 aromatic carbocycles. The van der Waals surface area contributed by atoms with Crippen molar-refractivity contribution in [3.63, 3.8) is 0 Å². The maximum absolute atomic E-state index is 5.46. The summed E-state index contributed by atoms with van der Waals surface area (Å²) in [6, 6.07) is 13.9. The van der Waals surface area contributed by atoms with Crippen LogP contribution in [0.5, 0.6) is 17.2 Å². The summed E-state index contributed by atoms with van der Waals surface area (Å²) < 4.78 is 16.1. The maximum Gasteiger partial charge on any atom is 0.161 e. The fourth-order valence-electron chi connectivity index (χ4n) is 2.23. The van der Waals surface area contributed by atoms with Crippen LogP contribution in [-0.2, 0) is 0 Å². The van der Waals surface area contributed by atoms with Gasteiger partial charge in [-0.3, -0.25) is 0 Å². The number of methoxy groups -OCH3 is 2. The van der Waals surface area contributed by atoms with E-state index in [1.807, 2.05) is 49.4 Å². The zero-order valence-electron chi connectivity index (χ0n) is 13.1. The fourth-order valence-corrected chi connectivity index (χ4v) is 2.23. The van der Waals surface area contributed by atoms with Gasteiger partial charge in [-0.2, -0.15) is 0 Å². The van der Waals surface area contributed by atoms with Gasteiger partial charge < -0.3 is 32.4 Å². The lowest BCUT2D eigenvalue weighted by Gasteiger charge is -2.13. The molecule has 0 aromatic heterocycles. The number of ether oxygens (including phenoxy) is 3. The van der Waals surface area contributed by atoms with Crippen LogP contribution in [0.4, 0.5) is 0 Å². The molecule has 0 saturated heterocycles. The number of hydrogen-bond donors (Lipinski definition) is 1. The van der Waals surface area contributed by atoms with Gasteiger partial charge in [0.1, 0.15) is 11.8 Å². The molecule has 3 N–H and O–H groups in total. The molecule has 0 aliphatic heterocycles. The maximum atomic E-state index is 5.46. The summed E-state index contributed by atoms with van der Waals surface area (Å²) in [7, 11) is 3.27. The van der Waals surface area contributed by atoms with Crippen molar-refractivity contribution in [1.29, 1.82) is 0 Å². The Morgan fingerprint density at radius 3 is 2.05 bits per heavy atom. The normalized spacial score (nSPS) is 11.3. The highest BCUT2D eigenvalue weighted by Crippen LogP contribution is 2.31. The number of quaternary nitrogens is 1. The topological polar surface area (TPSA) is 55.3 Å². The van der Waals surface area contributed by atoms with E-state index in [1.165, 1.54) is 0 Å². The minimum Gasteiger partial charge on any atom is -1.00 e. The van der Waals surface area contributed by atoms with E-state index in [4.69, 9.17) is 14.2 Å². The smallest absolute Gasteiger partial charge is 0.161 e. The minimum absolute atomic E-state index is 0. The van der Waals surface area contributed by atoms with Gasteiger partial charge in [-0.1, -0.05) is 0 Å². The molecule has 22 heavy (non-hydrogen) atoms. The summed E-state index contributed by atoms with van der Waals surface area (Å²) in [5.41, 5.74) is 6.46. The lowest BCUT2D eigenvalue weighted by Crippen LogP contribution is -3.00. The first-order valence-electron chi connectivity index (χ1n) is 6.97. The zero-order valence-corrected chi connectivity index (χ0v) is 13.9. The number of rotatable bonds is 6. The number of halogens is 1. The molecule has 0 bridgehead atoms. The van der Waals surface area contributed by atoms with Crippen LogP contribution in [0.15, 0.2) is 42.5 Å². The van der Waals surface area contributed by atoms with Gasteiger partial charge >= 0.3 is 0 Å². The highest BCUT2D eigenvalue weighted by molar-refractivity contribution is 5.45. The number of benzene rings is 2. The van der Waals surface area contributed by atoms with Gasteiger partial charge in [-0.15, -0.1) is 0 Å². The molecule has 0 radical (unpaired) electrons. The van der Waals surface area contributed by atoms with Crippen LogP contribution in [0.25, 0.3) is 0 Å². The van der Waals surface area contributed by atoms with Gasteiger partial charge in [0, 0.05) is 11.1 Å². The van der Waals surface area contributed by atoms with Gasteiger partial charge in [0.15, 0.2) is 11.5 Å². The highest BCUT2D eigenvalue weighted by atomic mass is 35.5. The lowest BCUT2D eigenvalue weighted by molar-refractivity contribution is -0.411. The van der Waals surface area contributed by atoms with E-state index < -0.39 is 0 Å². The summed E-state index contributed by atoms with van der Waals surface area (Å²) in [6.45, 7) is 2.64. The lowest BCUT2D eigenvalue weighted by atomic mass is 9.99. The first-order chi connectivity index (χ1) is 10.2. The van der Waals surface area contributed by atoms with Crippen LogP contribution in [0, 0.1) is 0 Å². The molecule has 0 aliphatic carbocycles. The van der Waals surface area contributed by atoms with E-state index in [0.29, 0.717) is 6.61 Å². The Balaban J connectivity index is 0.00000242. The third-order valence-electron chi connectivity index (χ3n) is 3.40. The fraction of sp³-hybridized carbons (Fsp3) is 0.294. The molecule has 5 heteroatoms. The van der Waals surface area contributed by atoms with Crippen molar-refractivity contribution in [3.05, 3.63) is 53.6 Å². The Kier molecular flexibility index (Phi) is 7.02. The zero-order chi connectivity index (χ0) is 15.2. The summed E-state index contributed by atoms with van der Waals surface area (Å²) in [6.07, 6.45) is 0. The van der Waals surface area contributed by atoms with Crippen molar-refractivity contribution in [2.45, 2.75) is 13.0 Å². The van der Waals surface area contributed by atoms with E-state index in [0.717, 1.165) is 28.4 Å². The Morgan fingerprint density at radius 1 is 0.909 bits per heavy atom. The van der Waals surface area contributed by atoms with E-state index in [1.54, 1.807) is 14.2 Å². The molecule has 2 rings (SSSR count). The molecule has 120 valence electrons. The predicted molar refractivity (Wildman–Crippen MR) is 81.9 cm³/mol. The highest BCUT2D eigenvalue weighted by Gasteiger charge is 2.15. The van der Waals surface area contributed by atoms with E-state index in [-0.39, 0.29) is 18.4 Å². The largest absolute Gasteiger partial charge is 1.00 e. The van der Waals surface area contributed by atoms with Gasteiger partial charge in [0.05, 0.1) is 20.8 Å². The van der Waals surface area contributed by atoms with Gasteiger partial charge in [0.25, 0.3) is 0 Å². The van der Waals surface area contributed by atoms with Crippen molar-refractivity contribution >= 4 is 0 Å². The molecule has 1 unspecified atom stereocenters. The first kappa shape index (κ1) is 18.1. The summed E-state index contributed by atoms with van der Waals surface area (Å²) in [4.78, 5) is 0. The van der Waals surface area contributed by atoms with Crippen molar-refractivity contribution in [2.75, 3.05) is 20.8 Å². The predicted octanol–water partition coefficient (Wildman–Crippen LogP) is -0.562. The quantitative estimate of drug-likeness (QED) is 0.775. The molecule has 0 aliphatic rings. The molecule has 0 spiro atoms. The average Bonchev–Trinajstić information content (AvgIpc) is 2.54. The van der Waals surface area contributed by atoms with Crippen molar-refractivity contribution in [3.8, 4) is 17.2 Å². The Bertz CT molecular complexity index is 587. The van der Waals surface area contributed by atoms with E-state index in [2.05, 4.69) is 5.73 Å². The van der Waals surface area contributed by atoms with Gasteiger partial charge in [-0.05, 0) is 49.4 Å². The minimum atomic E-state index is 0. The summed E-state index contributed by atoms with van der Waals surface area (Å²) >= 11 is 0. The molecular formula is C17H22ClNO3. The summed E-state index contributed by atoms with van der Waals surface area (Å²) in [5.74, 6) is 2.32. The van der Waals surface area contributed by atoms with Crippen LogP contribution < -0.4 is 32.4 Å². The Morgan fingerprint density at radius 2 is 1.50 bits per heavy atom. The molecule has 2 aromatic rings. The third-order valence-corrected chi connectivity index (χ3v) is 3.40. The van der Waals surface area contributed by atoms with Crippen LogP contribution in [0.2, 0.25) is 0 Å². The second-order valence-electron chi connectivity index (χ2n) is 4.67. The average molecular weight is 324 g/mol. The first-order valence-corrected chi connectivity index (χ1v) is 6.97. The van der Waals surface area contributed by atoms with Crippen molar-refractivity contribution in [1.82, 2.24) is 0 Å². The van der Waals surface area contributed by atoms with Crippen LogP contribution in [0.3, 0.4) is 0 Å². The molecule has 4 nitrogen and oxygen atoms in total. The standard InChI is InChI=1S/C17H21NO3.ClH/c1-4-21-14-8-5-12(6-9-14)17(18)13-7-10-15(19-2)16(11-13)20-3;/h5-11,17H,4,18H2,1-3H3;1H. The van der Waals surface area contributed by atoms with Crippen molar-refractivity contribution < 1.29 is 32.4 Å². The second-order valence-corrected chi connectivity index (χ2v) is 4.67. The SMILES string of the molecule is CCOc1ccc(C([NH3+])c2ccc(OC)c(OC)c2)cc1.[Cl-]. The monoisotopic (exact) mass is 323 g/mol. The van der Waals surface area contributed by atoms with Crippen LogP contribution >= 0.6 is 0 Å². The van der Waals surface area contributed by atoms with Crippen molar-refractivity contribution in [2.24, 2.45) is 0 Å². The summed E-state index contributed by atoms with van der Waals surface area (Å²) in [5, 5.41) is 0. The molecule has 0 saturated carbocycles. The Hall–Kier alpha value is -1.91. The van der Waals surface area contributed by atoms with E-state index in [9.17, 15) is 0 Å². The Labute approximate surface area is 137 Å².